The summed E-state index contributed by atoms with van der Waals surface area (Å²) in [6.07, 6.45) is 0.766. The first-order chi connectivity index (χ1) is 7.86. The second kappa shape index (κ2) is 5.15. The Kier molecular flexibility index (Phi) is 4.28. The first-order valence-electron chi connectivity index (χ1n) is 5.53. The van der Waals surface area contributed by atoms with Gasteiger partial charge in [0, 0.05) is 5.56 Å². The molecule has 0 radical (unpaired) electrons. The van der Waals surface area contributed by atoms with E-state index in [2.05, 4.69) is 0 Å². The number of aryl methyl sites for hydroxylation is 1. The molecule has 96 valence electrons. The highest BCUT2D eigenvalue weighted by molar-refractivity contribution is 6.32. The van der Waals surface area contributed by atoms with E-state index in [1.54, 1.807) is 21.0 Å². The summed E-state index contributed by atoms with van der Waals surface area (Å²) in [6, 6.07) is 1.84. The zero-order valence-corrected chi connectivity index (χ0v) is 11.7. The molecule has 0 unspecified atom stereocenters. The number of ether oxygens (including phenoxy) is 2. The van der Waals surface area contributed by atoms with Crippen molar-refractivity contribution in [3.8, 4) is 11.5 Å². The minimum Gasteiger partial charge on any atom is -0.493 e. The molecule has 1 aromatic carbocycles. The van der Waals surface area contributed by atoms with Gasteiger partial charge in [0.1, 0.15) is 0 Å². The van der Waals surface area contributed by atoms with Crippen LogP contribution < -0.4 is 9.47 Å². The van der Waals surface area contributed by atoms with Gasteiger partial charge in [-0.3, -0.25) is 0 Å². The summed E-state index contributed by atoms with van der Waals surface area (Å²) in [5.41, 5.74) is 0.417. The van der Waals surface area contributed by atoms with Crippen molar-refractivity contribution in [2.75, 3.05) is 14.2 Å². The van der Waals surface area contributed by atoms with E-state index in [1.165, 1.54) is 7.11 Å². The van der Waals surface area contributed by atoms with Crippen LogP contribution in [0.4, 0.5) is 0 Å². The Balaban J connectivity index is 3.62. The molecule has 0 aromatic heterocycles. The van der Waals surface area contributed by atoms with Crippen molar-refractivity contribution in [2.24, 2.45) is 0 Å². The number of halogens is 1. The highest BCUT2D eigenvalue weighted by Gasteiger charge is 2.28. The minimum absolute atomic E-state index is 0.488. The second-order valence-electron chi connectivity index (χ2n) is 4.37. The lowest BCUT2D eigenvalue weighted by Crippen LogP contribution is -2.18. The summed E-state index contributed by atoms with van der Waals surface area (Å²) < 4.78 is 10.6. The Morgan fingerprint density at radius 3 is 2.24 bits per heavy atom. The fourth-order valence-electron chi connectivity index (χ4n) is 1.83. The standard InChI is InChI=1S/C13H19ClO3/c1-6-8-7-9(16-4)12(17-5)10(11(8)14)13(2,3)15/h7,15H,6H2,1-5H3. The van der Waals surface area contributed by atoms with Crippen LogP contribution in [-0.2, 0) is 12.0 Å². The van der Waals surface area contributed by atoms with Crippen molar-refractivity contribution in [1.82, 2.24) is 0 Å². The molecule has 0 heterocycles. The number of aliphatic hydroxyl groups is 1. The SMILES string of the molecule is CCc1cc(OC)c(OC)c(C(C)(C)O)c1Cl. The van der Waals surface area contributed by atoms with E-state index in [9.17, 15) is 5.11 Å². The van der Waals surface area contributed by atoms with Gasteiger partial charge in [-0.25, -0.2) is 0 Å². The van der Waals surface area contributed by atoms with Gasteiger partial charge in [0.05, 0.1) is 24.8 Å². The van der Waals surface area contributed by atoms with Crippen molar-refractivity contribution >= 4 is 11.6 Å². The maximum atomic E-state index is 10.2. The smallest absolute Gasteiger partial charge is 0.168 e. The third kappa shape index (κ3) is 2.67. The van der Waals surface area contributed by atoms with Crippen molar-refractivity contribution in [3.05, 3.63) is 22.2 Å². The van der Waals surface area contributed by atoms with Gasteiger partial charge in [0.15, 0.2) is 11.5 Å². The number of benzene rings is 1. The van der Waals surface area contributed by atoms with Crippen molar-refractivity contribution < 1.29 is 14.6 Å². The van der Waals surface area contributed by atoms with E-state index in [4.69, 9.17) is 21.1 Å². The Hall–Kier alpha value is -0.930. The Morgan fingerprint density at radius 2 is 1.88 bits per heavy atom. The van der Waals surface area contributed by atoms with Gasteiger partial charge in [-0.15, -0.1) is 0 Å². The van der Waals surface area contributed by atoms with E-state index in [0.717, 1.165) is 12.0 Å². The molecule has 17 heavy (non-hydrogen) atoms. The molecule has 0 bridgehead atoms. The van der Waals surface area contributed by atoms with E-state index in [1.807, 2.05) is 13.0 Å². The fraction of sp³-hybridized carbons (Fsp3) is 0.538. The highest BCUT2D eigenvalue weighted by Crippen LogP contribution is 2.44. The van der Waals surface area contributed by atoms with Gasteiger partial charge in [-0.05, 0) is 31.9 Å². The summed E-state index contributed by atoms with van der Waals surface area (Å²) in [5, 5.41) is 10.7. The third-order valence-corrected chi connectivity index (χ3v) is 3.11. The third-order valence-electron chi connectivity index (χ3n) is 2.67. The van der Waals surface area contributed by atoms with Crippen LogP contribution in [0, 0.1) is 0 Å². The quantitative estimate of drug-likeness (QED) is 0.902. The Morgan fingerprint density at radius 1 is 1.29 bits per heavy atom. The fourth-order valence-corrected chi connectivity index (χ4v) is 2.33. The first-order valence-corrected chi connectivity index (χ1v) is 5.90. The molecule has 0 aliphatic heterocycles. The van der Waals surface area contributed by atoms with Crippen molar-refractivity contribution in [2.45, 2.75) is 32.8 Å². The lowest BCUT2D eigenvalue weighted by atomic mass is 9.94. The monoisotopic (exact) mass is 258 g/mol. The van der Waals surface area contributed by atoms with Crippen LogP contribution in [0.25, 0.3) is 0 Å². The predicted octanol–water partition coefficient (Wildman–Crippen LogP) is 3.15. The zero-order chi connectivity index (χ0) is 13.2. The van der Waals surface area contributed by atoms with Crippen LogP contribution in [0.3, 0.4) is 0 Å². The molecule has 0 spiro atoms. The van der Waals surface area contributed by atoms with E-state index < -0.39 is 5.60 Å². The van der Waals surface area contributed by atoms with E-state index >= 15 is 0 Å². The van der Waals surface area contributed by atoms with Gasteiger partial charge in [0.25, 0.3) is 0 Å². The van der Waals surface area contributed by atoms with Crippen LogP contribution in [-0.4, -0.2) is 19.3 Å². The normalized spacial score (nSPS) is 11.5. The molecule has 4 heteroatoms. The molecule has 0 saturated heterocycles. The van der Waals surface area contributed by atoms with Crippen LogP contribution in [0.15, 0.2) is 6.07 Å². The maximum absolute atomic E-state index is 10.2. The molecular weight excluding hydrogens is 240 g/mol. The topological polar surface area (TPSA) is 38.7 Å². The van der Waals surface area contributed by atoms with Crippen LogP contribution >= 0.6 is 11.6 Å². The Labute approximate surface area is 107 Å². The highest BCUT2D eigenvalue weighted by atomic mass is 35.5. The molecule has 3 nitrogen and oxygen atoms in total. The predicted molar refractivity (Wildman–Crippen MR) is 69.2 cm³/mol. The molecule has 1 aromatic rings. The van der Waals surface area contributed by atoms with Gasteiger partial charge >= 0.3 is 0 Å². The molecule has 1 rings (SSSR count). The van der Waals surface area contributed by atoms with Crippen LogP contribution in [0.1, 0.15) is 31.9 Å². The first kappa shape index (κ1) is 14.1. The maximum Gasteiger partial charge on any atom is 0.168 e. The van der Waals surface area contributed by atoms with Gasteiger partial charge in [-0.1, -0.05) is 18.5 Å². The second-order valence-corrected chi connectivity index (χ2v) is 4.75. The van der Waals surface area contributed by atoms with E-state index in [0.29, 0.717) is 22.1 Å². The number of hydrogen-bond acceptors (Lipinski definition) is 3. The van der Waals surface area contributed by atoms with Crippen LogP contribution in [0.5, 0.6) is 11.5 Å². The summed E-state index contributed by atoms with van der Waals surface area (Å²) in [6.45, 7) is 5.35. The summed E-state index contributed by atoms with van der Waals surface area (Å²) in [4.78, 5) is 0. The summed E-state index contributed by atoms with van der Waals surface area (Å²) in [7, 11) is 3.11. The average Bonchev–Trinajstić information content (AvgIpc) is 2.26. The molecule has 1 N–H and O–H groups in total. The van der Waals surface area contributed by atoms with Gasteiger partial charge < -0.3 is 14.6 Å². The van der Waals surface area contributed by atoms with E-state index in [-0.39, 0.29) is 0 Å². The lowest BCUT2D eigenvalue weighted by Gasteiger charge is -2.25. The van der Waals surface area contributed by atoms with Crippen molar-refractivity contribution in [1.29, 1.82) is 0 Å². The average molecular weight is 259 g/mol. The zero-order valence-electron chi connectivity index (χ0n) is 10.9. The Bertz CT molecular complexity index is 408. The van der Waals surface area contributed by atoms with Gasteiger partial charge in [-0.2, -0.15) is 0 Å². The summed E-state index contributed by atoms with van der Waals surface area (Å²) >= 11 is 6.31. The molecule has 0 saturated carbocycles. The summed E-state index contributed by atoms with van der Waals surface area (Å²) in [5.74, 6) is 1.08. The lowest BCUT2D eigenvalue weighted by molar-refractivity contribution is 0.0752. The molecule has 0 amide bonds. The van der Waals surface area contributed by atoms with Gasteiger partial charge in [0.2, 0.25) is 0 Å². The number of rotatable bonds is 4. The van der Waals surface area contributed by atoms with Crippen LogP contribution in [0.2, 0.25) is 5.02 Å². The largest absolute Gasteiger partial charge is 0.493 e. The molecule has 0 atom stereocenters. The molecule has 0 aliphatic carbocycles. The molecular formula is C13H19ClO3. The van der Waals surface area contributed by atoms with Crippen molar-refractivity contribution in [3.63, 3.8) is 0 Å². The number of hydrogen-bond donors (Lipinski definition) is 1. The molecule has 0 fully saturated rings. The molecule has 0 aliphatic rings. The number of methoxy groups -OCH3 is 2. The minimum atomic E-state index is -1.08.